The normalized spacial score (nSPS) is 14.9. The van der Waals surface area contributed by atoms with Gasteiger partial charge in [-0.05, 0) is 82.7 Å². The molecular weight excluding hydrogens is 426 g/mol. The number of rotatable bonds is 4. The molecule has 0 amide bonds. The lowest BCUT2D eigenvalue weighted by Gasteiger charge is -2.29. The average Bonchev–Trinajstić information content (AvgIpc) is 3.42. The summed E-state index contributed by atoms with van der Waals surface area (Å²) in [6, 6.07) is 9.77. The maximum Gasteiger partial charge on any atom is 0.168 e. The van der Waals surface area contributed by atoms with Gasteiger partial charge in [-0.15, -0.1) is 11.3 Å². The van der Waals surface area contributed by atoms with Crippen LogP contribution in [0.4, 0.5) is 0 Å². The Morgan fingerprint density at radius 3 is 2.52 bits per heavy atom. The van der Waals surface area contributed by atoms with E-state index in [9.17, 15) is 4.79 Å². The zero-order valence-corrected chi connectivity index (χ0v) is 20.1. The summed E-state index contributed by atoms with van der Waals surface area (Å²) in [4.78, 5) is 17.5. The molecule has 0 bridgehead atoms. The number of carbonyl (C=O) groups is 1. The molecule has 1 fully saturated rings. The van der Waals surface area contributed by atoms with Crippen LogP contribution in [-0.4, -0.2) is 16.4 Å². The van der Waals surface area contributed by atoms with Gasteiger partial charge >= 0.3 is 0 Å². The summed E-state index contributed by atoms with van der Waals surface area (Å²) < 4.78 is 7.30. The monoisotopic (exact) mass is 451 g/mol. The molecule has 1 aliphatic rings. The van der Waals surface area contributed by atoms with Gasteiger partial charge in [-0.2, -0.15) is 0 Å². The topological polar surface area (TPSA) is 39.2 Å². The molecule has 160 valence electrons. The Labute approximate surface area is 192 Å². The van der Waals surface area contributed by atoms with Crippen LogP contribution in [0.15, 0.2) is 30.3 Å². The van der Waals surface area contributed by atoms with Crippen LogP contribution < -0.4 is 0 Å². The summed E-state index contributed by atoms with van der Waals surface area (Å²) in [5.74, 6) is 7.05. The molecule has 2 aromatic carbocycles. The van der Waals surface area contributed by atoms with Crippen LogP contribution in [0.1, 0.15) is 62.8 Å². The van der Waals surface area contributed by atoms with Crippen LogP contribution in [0.25, 0.3) is 21.3 Å². The Balaban J connectivity index is 1.98. The summed E-state index contributed by atoms with van der Waals surface area (Å²) in [5, 5.41) is 1.48. The molecule has 0 radical (unpaired) electrons. The summed E-state index contributed by atoms with van der Waals surface area (Å²) >= 11 is 7.74. The number of fused-ring (bicyclic) bond motifs is 1. The number of nitrogens with zero attached hydrogens (tertiary/aromatic N) is 1. The quantitative estimate of drug-likeness (QED) is 0.396. The number of benzene rings is 2. The highest BCUT2D eigenvalue weighted by atomic mass is 35.5. The van der Waals surface area contributed by atoms with Crippen molar-refractivity contribution in [2.75, 3.05) is 0 Å². The molecule has 0 spiro atoms. The van der Waals surface area contributed by atoms with Gasteiger partial charge in [0.2, 0.25) is 0 Å². The standard InChI is InChI=1S/C26H26ClNO2S/c1-15-14-20-25(31-21(28-20)13-8-17-6-7-17)23(18-9-11-19(27)12-10-18)22(15)24(16(2)29)30-26(3,4)5/h9-12,14,17,24H,6-7H2,1-5H3/t24-/m1/s1. The molecule has 0 N–H and O–H groups in total. The van der Waals surface area contributed by atoms with Crippen molar-refractivity contribution < 1.29 is 9.53 Å². The lowest BCUT2D eigenvalue weighted by Crippen LogP contribution is -2.27. The third kappa shape index (κ3) is 5.01. The van der Waals surface area contributed by atoms with E-state index < -0.39 is 11.7 Å². The van der Waals surface area contributed by atoms with Crippen molar-refractivity contribution in [1.82, 2.24) is 4.98 Å². The number of ether oxygens (including phenoxy) is 1. The Morgan fingerprint density at radius 1 is 1.26 bits per heavy atom. The molecule has 1 heterocycles. The zero-order chi connectivity index (χ0) is 22.3. The number of hydrogen-bond acceptors (Lipinski definition) is 4. The highest BCUT2D eigenvalue weighted by molar-refractivity contribution is 7.19. The van der Waals surface area contributed by atoms with E-state index in [1.165, 1.54) is 12.8 Å². The van der Waals surface area contributed by atoms with Gasteiger partial charge in [-0.25, -0.2) is 4.98 Å². The van der Waals surface area contributed by atoms with Gasteiger partial charge in [0.1, 0.15) is 6.10 Å². The minimum Gasteiger partial charge on any atom is -0.360 e. The van der Waals surface area contributed by atoms with E-state index in [1.54, 1.807) is 18.3 Å². The second kappa shape index (κ2) is 8.39. The van der Waals surface area contributed by atoms with Gasteiger partial charge in [0, 0.05) is 22.1 Å². The summed E-state index contributed by atoms with van der Waals surface area (Å²) in [5.41, 5.74) is 4.27. The largest absolute Gasteiger partial charge is 0.360 e. The van der Waals surface area contributed by atoms with E-state index in [0.29, 0.717) is 10.9 Å². The van der Waals surface area contributed by atoms with Gasteiger partial charge in [0.05, 0.1) is 15.8 Å². The van der Waals surface area contributed by atoms with Gasteiger partial charge < -0.3 is 4.74 Å². The first-order valence-corrected chi connectivity index (χ1v) is 11.7. The number of Topliss-reactive ketones (excluding diaryl/α,β-unsaturated/α-hetero) is 1. The van der Waals surface area contributed by atoms with Crippen LogP contribution in [0, 0.1) is 24.7 Å². The van der Waals surface area contributed by atoms with Crippen LogP contribution in [0.5, 0.6) is 0 Å². The van der Waals surface area contributed by atoms with Gasteiger partial charge in [0.25, 0.3) is 0 Å². The summed E-state index contributed by atoms with van der Waals surface area (Å²) in [7, 11) is 0. The van der Waals surface area contributed by atoms with Crippen LogP contribution in [-0.2, 0) is 9.53 Å². The van der Waals surface area contributed by atoms with Crippen molar-refractivity contribution in [3.8, 4) is 23.0 Å². The first-order chi connectivity index (χ1) is 14.6. The minimum absolute atomic E-state index is 0.0224. The molecule has 0 aliphatic heterocycles. The molecule has 3 nitrogen and oxygen atoms in total. The van der Waals surface area contributed by atoms with Crippen LogP contribution >= 0.6 is 22.9 Å². The first-order valence-electron chi connectivity index (χ1n) is 10.5. The molecule has 1 atom stereocenters. The smallest absolute Gasteiger partial charge is 0.168 e. The molecular formula is C26H26ClNO2S. The lowest BCUT2D eigenvalue weighted by atomic mass is 9.90. The molecule has 31 heavy (non-hydrogen) atoms. The van der Waals surface area contributed by atoms with E-state index in [-0.39, 0.29) is 5.78 Å². The zero-order valence-electron chi connectivity index (χ0n) is 18.5. The molecule has 0 unspecified atom stereocenters. The average molecular weight is 452 g/mol. The Bertz CT molecular complexity index is 1200. The number of aromatic nitrogens is 1. The van der Waals surface area contributed by atoms with Crippen LogP contribution in [0.2, 0.25) is 5.02 Å². The van der Waals surface area contributed by atoms with Gasteiger partial charge in [-0.1, -0.05) is 29.7 Å². The maximum absolute atomic E-state index is 12.8. The fraction of sp³-hybridized carbons (Fsp3) is 0.385. The number of aryl methyl sites for hydroxylation is 1. The molecule has 0 saturated heterocycles. The predicted octanol–water partition coefficient (Wildman–Crippen LogP) is 7.13. The van der Waals surface area contributed by atoms with Crippen molar-refractivity contribution in [3.63, 3.8) is 0 Å². The second-order valence-corrected chi connectivity index (χ2v) is 10.6. The molecule has 1 aliphatic carbocycles. The SMILES string of the molecule is CC(=O)[C@@H](OC(C)(C)C)c1c(C)cc2nc(C#CC3CC3)sc2c1-c1ccc(Cl)cc1. The van der Waals surface area contributed by atoms with Gasteiger partial charge in [0.15, 0.2) is 10.8 Å². The third-order valence-corrected chi connectivity index (χ3v) is 6.38. The number of carbonyl (C=O) groups excluding carboxylic acids is 1. The fourth-order valence-corrected chi connectivity index (χ4v) is 4.71. The molecule has 1 aromatic heterocycles. The number of ketones is 1. The van der Waals surface area contributed by atoms with E-state index in [2.05, 4.69) is 11.8 Å². The lowest BCUT2D eigenvalue weighted by molar-refractivity contribution is -0.138. The maximum atomic E-state index is 12.8. The first kappa shape index (κ1) is 22.0. The van der Waals surface area contributed by atoms with Crippen molar-refractivity contribution in [1.29, 1.82) is 0 Å². The van der Waals surface area contributed by atoms with Crippen molar-refractivity contribution >= 4 is 38.9 Å². The van der Waals surface area contributed by atoms with E-state index in [4.69, 9.17) is 21.3 Å². The Hall–Kier alpha value is -2.19. The summed E-state index contributed by atoms with van der Waals surface area (Å²) in [6.07, 6.45) is 1.70. The van der Waals surface area contributed by atoms with Crippen molar-refractivity contribution in [2.24, 2.45) is 5.92 Å². The third-order valence-electron chi connectivity index (χ3n) is 5.12. The molecule has 4 rings (SSSR count). The number of halogens is 1. The molecule has 5 heteroatoms. The Morgan fingerprint density at radius 2 is 1.94 bits per heavy atom. The van der Waals surface area contributed by atoms with Crippen molar-refractivity contribution in [2.45, 2.75) is 59.2 Å². The highest BCUT2D eigenvalue weighted by Gasteiger charge is 2.30. The van der Waals surface area contributed by atoms with Crippen LogP contribution in [0.3, 0.4) is 0 Å². The van der Waals surface area contributed by atoms with E-state index in [1.807, 2.05) is 58.0 Å². The fourth-order valence-electron chi connectivity index (χ4n) is 3.60. The number of thiazole rings is 1. The number of hydrogen-bond donors (Lipinski definition) is 0. The van der Waals surface area contributed by atoms with E-state index in [0.717, 1.165) is 37.5 Å². The van der Waals surface area contributed by atoms with Crippen molar-refractivity contribution in [3.05, 3.63) is 51.5 Å². The predicted molar refractivity (Wildman–Crippen MR) is 129 cm³/mol. The summed E-state index contributed by atoms with van der Waals surface area (Å²) in [6.45, 7) is 9.51. The molecule has 3 aromatic rings. The van der Waals surface area contributed by atoms with E-state index >= 15 is 0 Å². The second-order valence-electron chi connectivity index (χ2n) is 9.12. The Kier molecular flexibility index (Phi) is 5.96. The molecule has 1 saturated carbocycles. The highest BCUT2D eigenvalue weighted by Crippen LogP contribution is 2.43. The minimum atomic E-state index is -0.668. The van der Waals surface area contributed by atoms with Gasteiger partial charge in [-0.3, -0.25) is 4.79 Å².